The number of ether oxygens (including phenoxy) is 1. The van der Waals surface area contributed by atoms with Gasteiger partial charge in [0.25, 0.3) is 0 Å². The van der Waals surface area contributed by atoms with Crippen LogP contribution < -0.4 is 0 Å². The van der Waals surface area contributed by atoms with Crippen LogP contribution in [-0.2, 0) is 14.3 Å². The van der Waals surface area contributed by atoms with Gasteiger partial charge in [0.1, 0.15) is 6.10 Å². The molecule has 19 heavy (non-hydrogen) atoms. The molecule has 2 aliphatic rings. The van der Waals surface area contributed by atoms with Gasteiger partial charge in [-0.15, -0.1) is 6.58 Å². The van der Waals surface area contributed by atoms with E-state index in [1.165, 1.54) is 12.5 Å². The summed E-state index contributed by atoms with van der Waals surface area (Å²) in [4.78, 5) is 23.0. The Bertz CT molecular complexity index is 447. The van der Waals surface area contributed by atoms with E-state index < -0.39 is 0 Å². The Morgan fingerprint density at radius 1 is 1.47 bits per heavy atom. The SMILES string of the molecule is C=C(C)CC12CCC(=O)C=C1CCC[C@H]2OC(C)=O. The van der Waals surface area contributed by atoms with Crippen LogP contribution in [-0.4, -0.2) is 17.9 Å². The summed E-state index contributed by atoms with van der Waals surface area (Å²) in [5.41, 5.74) is 2.08. The van der Waals surface area contributed by atoms with Crippen molar-refractivity contribution in [1.29, 1.82) is 0 Å². The lowest BCUT2D eigenvalue weighted by molar-refractivity contribution is -0.154. The molecule has 0 heterocycles. The first-order valence-corrected chi connectivity index (χ1v) is 6.99. The Kier molecular flexibility index (Phi) is 3.93. The van der Waals surface area contributed by atoms with Crippen LogP contribution in [0.5, 0.6) is 0 Å². The fourth-order valence-corrected chi connectivity index (χ4v) is 3.59. The minimum atomic E-state index is -0.232. The maximum atomic E-state index is 11.7. The molecule has 2 rings (SSSR count). The molecule has 2 atom stereocenters. The predicted octanol–water partition coefficient (Wildman–Crippen LogP) is 3.34. The number of fused-ring (bicyclic) bond motifs is 1. The number of allylic oxidation sites excluding steroid dienone is 2. The Morgan fingerprint density at radius 3 is 2.84 bits per heavy atom. The smallest absolute Gasteiger partial charge is 0.302 e. The molecule has 2 aliphatic carbocycles. The number of hydrogen-bond acceptors (Lipinski definition) is 3. The van der Waals surface area contributed by atoms with Gasteiger partial charge < -0.3 is 4.74 Å². The average Bonchev–Trinajstić information content (AvgIpc) is 2.29. The van der Waals surface area contributed by atoms with Crippen LogP contribution >= 0.6 is 0 Å². The molecule has 104 valence electrons. The normalized spacial score (nSPS) is 30.3. The first-order chi connectivity index (χ1) is 8.94. The van der Waals surface area contributed by atoms with Crippen molar-refractivity contribution in [3.05, 3.63) is 23.8 Å². The molecule has 3 heteroatoms. The second-order valence-electron chi connectivity index (χ2n) is 5.92. The largest absolute Gasteiger partial charge is 0.462 e. The number of esters is 1. The van der Waals surface area contributed by atoms with E-state index in [4.69, 9.17) is 4.74 Å². The zero-order chi connectivity index (χ0) is 14.0. The van der Waals surface area contributed by atoms with Crippen molar-refractivity contribution in [2.75, 3.05) is 0 Å². The molecule has 0 amide bonds. The van der Waals surface area contributed by atoms with E-state index in [1.807, 2.05) is 6.92 Å². The van der Waals surface area contributed by atoms with Crippen molar-refractivity contribution in [3.63, 3.8) is 0 Å². The highest BCUT2D eigenvalue weighted by Gasteiger charge is 2.47. The molecule has 0 aromatic carbocycles. The number of carbonyl (C=O) groups is 2. The quantitative estimate of drug-likeness (QED) is 0.578. The molecule has 0 saturated heterocycles. The predicted molar refractivity (Wildman–Crippen MR) is 73.6 cm³/mol. The molecule has 0 N–H and O–H groups in total. The molecule has 0 bridgehead atoms. The van der Waals surface area contributed by atoms with Crippen LogP contribution in [0.1, 0.15) is 52.4 Å². The second kappa shape index (κ2) is 5.32. The van der Waals surface area contributed by atoms with Gasteiger partial charge >= 0.3 is 5.97 Å². The average molecular weight is 262 g/mol. The van der Waals surface area contributed by atoms with Gasteiger partial charge in [0, 0.05) is 18.8 Å². The first kappa shape index (κ1) is 14.0. The summed E-state index contributed by atoms with van der Waals surface area (Å²) in [5.74, 6) is -0.0277. The van der Waals surface area contributed by atoms with Gasteiger partial charge in [0.05, 0.1) is 0 Å². The Balaban J connectivity index is 2.38. The van der Waals surface area contributed by atoms with Crippen LogP contribution in [0.2, 0.25) is 0 Å². The van der Waals surface area contributed by atoms with Gasteiger partial charge in [-0.1, -0.05) is 11.1 Å². The zero-order valence-corrected chi connectivity index (χ0v) is 11.8. The van der Waals surface area contributed by atoms with Gasteiger partial charge in [0.15, 0.2) is 5.78 Å². The van der Waals surface area contributed by atoms with Crippen molar-refractivity contribution in [2.45, 2.75) is 58.5 Å². The molecule has 0 aromatic rings. The Labute approximate surface area is 114 Å². The summed E-state index contributed by atoms with van der Waals surface area (Å²) >= 11 is 0. The number of carbonyl (C=O) groups excluding carboxylic acids is 2. The third-order valence-electron chi connectivity index (χ3n) is 4.25. The van der Waals surface area contributed by atoms with E-state index in [1.54, 1.807) is 6.08 Å². The molecule has 1 fully saturated rings. The summed E-state index contributed by atoms with van der Waals surface area (Å²) < 4.78 is 5.57. The fraction of sp³-hybridized carbons (Fsp3) is 0.625. The molecule has 0 aromatic heterocycles. The highest BCUT2D eigenvalue weighted by molar-refractivity contribution is 5.91. The van der Waals surface area contributed by atoms with Crippen LogP contribution in [0, 0.1) is 5.41 Å². The third-order valence-corrected chi connectivity index (χ3v) is 4.25. The summed E-state index contributed by atoms with van der Waals surface area (Å²) in [6, 6.07) is 0. The van der Waals surface area contributed by atoms with E-state index >= 15 is 0 Å². The highest BCUT2D eigenvalue weighted by atomic mass is 16.5. The molecular formula is C16H22O3. The van der Waals surface area contributed by atoms with E-state index in [-0.39, 0.29) is 23.3 Å². The summed E-state index contributed by atoms with van der Waals surface area (Å²) in [6.45, 7) is 7.48. The minimum absolute atomic E-state index is 0.102. The topological polar surface area (TPSA) is 43.4 Å². The van der Waals surface area contributed by atoms with Gasteiger partial charge in [-0.3, -0.25) is 9.59 Å². The summed E-state index contributed by atoms with van der Waals surface area (Å²) in [6.07, 6.45) is 6.64. The maximum absolute atomic E-state index is 11.7. The molecule has 3 nitrogen and oxygen atoms in total. The van der Waals surface area contributed by atoms with E-state index in [0.717, 1.165) is 37.7 Å². The zero-order valence-electron chi connectivity index (χ0n) is 11.8. The second-order valence-corrected chi connectivity index (χ2v) is 5.92. The first-order valence-electron chi connectivity index (χ1n) is 6.99. The summed E-state index contributed by atoms with van der Waals surface area (Å²) in [7, 11) is 0. The van der Waals surface area contributed by atoms with Gasteiger partial charge in [-0.25, -0.2) is 0 Å². The fourth-order valence-electron chi connectivity index (χ4n) is 3.59. The number of hydrogen-bond donors (Lipinski definition) is 0. The molecule has 0 spiro atoms. The van der Waals surface area contributed by atoms with Gasteiger partial charge in [0.2, 0.25) is 0 Å². The summed E-state index contributed by atoms with van der Waals surface area (Å²) in [5, 5.41) is 0. The van der Waals surface area contributed by atoms with Crippen LogP contribution in [0.4, 0.5) is 0 Å². The standard InChI is InChI=1S/C16H22O3/c1-11(2)10-16-8-7-14(18)9-13(16)5-4-6-15(16)19-12(3)17/h9,15H,1,4-8,10H2,2-3H3/t15-,16?/m1/s1. The molecule has 1 unspecified atom stereocenters. The third kappa shape index (κ3) is 2.80. The maximum Gasteiger partial charge on any atom is 0.302 e. The molecule has 0 radical (unpaired) electrons. The van der Waals surface area contributed by atoms with Crippen LogP contribution in [0.3, 0.4) is 0 Å². The number of ketones is 1. The lowest BCUT2D eigenvalue weighted by Gasteiger charge is -2.47. The molecular weight excluding hydrogens is 240 g/mol. The van der Waals surface area contributed by atoms with Crippen LogP contribution in [0.15, 0.2) is 23.8 Å². The number of rotatable bonds is 3. The highest BCUT2D eigenvalue weighted by Crippen LogP contribution is 2.51. The van der Waals surface area contributed by atoms with Crippen LogP contribution in [0.25, 0.3) is 0 Å². The molecule has 1 saturated carbocycles. The van der Waals surface area contributed by atoms with Gasteiger partial charge in [-0.2, -0.15) is 0 Å². The molecule has 0 aliphatic heterocycles. The Hall–Kier alpha value is -1.38. The van der Waals surface area contributed by atoms with Crippen molar-refractivity contribution in [2.24, 2.45) is 5.41 Å². The van der Waals surface area contributed by atoms with E-state index in [9.17, 15) is 9.59 Å². The lowest BCUT2D eigenvalue weighted by Crippen LogP contribution is -2.45. The van der Waals surface area contributed by atoms with E-state index in [2.05, 4.69) is 6.58 Å². The lowest BCUT2D eigenvalue weighted by atomic mass is 9.60. The minimum Gasteiger partial charge on any atom is -0.462 e. The van der Waals surface area contributed by atoms with Crippen molar-refractivity contribution in [3.8, 4) is 0 Å². The van der Waals surface area contributed by atoms with Gasteiger partial charge in [-0.05, 0) is 45.1 Å². The van der Waals surface area contributed by atoms with Crippen molar-refractivity contribution >= 4 is 11.8 Å². The Morgan fingerprint density at radius 2 is 2.21 bits per heavy atom. The van der Waals surface area contributed by atoms with Crippen molar-refractivity contribution in [1.82, 2.24) is 0 Å². The monoisotopic (exact) mass is 262 g/mol. The van der Waals surface area contributed by atoms with E-state index in [0.29, 0.717) is 6.42 Å². The van der Waals surface area contributed by atoms with Crippen molar-refractivity contribution < 1.29 is 14.3 Å².